The van der Waals surface area contributed by atoms with Gasteiger partial charge in [-0.15, -0.1) is 11.8 Å². The van der Waals surface area contributed by atoms with E-state index in [0.717, 1.165) is 4.90 Å². The largest absolute Gasteiger partial charge is 0.456 e. The number of hydrogen-bond acceptors (Lipinski definition) is 6. The zero-order valence-corrected chi connectivity index (χ0v) is 14.5. The summed E-state index contributed by atoms with van der Waals surface area (Å²) >= 11 is 1.28. The quantitative estimate of drug-likeness (QED) is 0.599. The van der Waals surface area contributed by atoms with Crippen molar-refractivity contribution in [2.75, 3.05) is 25.0 Å². The van der Waals surface area contributed by atoms with Gasteiger partial charge < -0.3 is 20.7 Å². The minimum atomic E-state index is -0.653. The summed E-state index contributed by atoms with van der Waals surface area (Å²) in [6, 6.07) is 7.30. The zero-order valence-electron chi connectivity index (χ0n) is 13.7. The van der Waals surface area contributed by atoms with Gasteiger partial charge in [0.25, 0.3) is 5.91 Å². The second-order valence-corrected chi connectivity index (χ2v) is 6.43. The molecule has 0 aliphatic carbocycles. The number of hydrogen-bond donors (Lipinski definition) is 3. The van der Waals surface area contributed by atoms with Crippen molar-refractivity contribution in [3.8, 4) is 0 Å². The number of benzene rings is 1. The van der Waals surface area contributed by atoms with E-state index in [4.69, 9.17) is 4.74 Å². The van der Waals surface area contributed by atoms with Crippen molar-refractivity contribution in [3.05, 3.63) is 24.3 Å². The smallest absolute Gasteiger partial charge is 0.307 e. The average Bonchev–Trinajstić information content (AvgIpc) is 2.59. The van der Waals surface area contributed by atoms with Gasteiger partial charge in [-0.25, -0.2) is 0 Å². The van der Waals surface area contributed by atoms with Crippen molar-refractivity contribution < 1.29 is 23.9 Å². The van der Waals surface area contributed by atoms with Crippen LogP contribution in [0.3, 0.4) is 0 Å². The normalized spacial score (nSPS) is 15.6. The predicted octanol–water partition coefficient (Wildman–Crippen LogP) is 0.285. The Bertz CT molecular complexity index is 679. The molecule has 0 spiro atoms. The van der Waals surface area contributed by atoms with Crippen molar-refractivity contribution in [1.82, 2.24) is 10.6 Å². The summed E-state index contributed by atoms with van der Waals surface area (Å²) in [4.78, 5) is 47.4. The third kappa shape index (κ3) is 5.79. The topological polar surface area (TPSA) is 114 Å². The van der Waals surface area contributed by atoms with Crippen LogP contribution in [0, 0.1) is 0 Å². The molecule has 0 bridgehead atoms. The van der Waals surface area contributed by atoms with Crippen molar-refractivity contribution in [2.45, 2.75) is 23.5 Å². The highest BCUT2D eigenvalue weighted by Gasteiger charge is 2.29. The first-order valence-corrected chi connectivity index (χ1v) is 8.63. The molecule has 0 saturated carbocycles. The number of nitrogens with one attached hydrogen (secondary N) is 3. The Balaban J connectivity index is 1.74. The van der Waals surface area contributed by atoms with Crippen LogP contribution in [0.2, 0.25) is 0 Å². The van der Waals surface area contributed by atoms with E-state index in [2.05, 4.69) is 16.0 Å². The van der Waals surface area contributed by atoms with Crippen molar-refractivity contribution in [1.29, 1.82) is 0 Å². The molecule has 0 fully saturated rings. The molecule has 8 nitrogen and oxygen atoms in total. The van der Waals surface area contributed by atoms with E-state index in [9.17, 15) is 19.2 Å². The number of carbonyl (C=O) groups is 4. The number of rotatable bonds is 7. The Hall–Kier alpha value is -2.55. The summed E-state index contributed by atoms with van der Waals surface area (Å²) in [5.41, 5.74) is 0.715. The minimum absolute atomic E-state index is 0.144. The van der Waals surface area contributed by atoms with Gasteiger partial charge in [0.05, 0.1) is 23.9 Å². The molecule has 0 radical (unpaired) electrons. The number of anilines is 1. The Morgan fingerprint density at radius 2 is 1.96 bits per heavy atom. The van der Waals surface area contributed by atoms with E-state index in [-0.39, 0.29) is 24.8 Å². The number of fused-ring (bicyclic) bond motifs is 1. The highest BCUT2D eigenvalue weighted by atomic mass is 32.2. The Kier molecular flexibility index (Phi) is 6.81. The number of thioether (sulfide) groups is 1. The lowest BCUT2D eigenvalue weighted by Crippen LogP contribution is -2.39. The number of likely N-dealkylation sites (N-methyl/N-ethyl adjacent to an activating group) is 1. The molecule has 9 heteroatoms. The van der Waals surface area contributed by atoms with E-state index in [1.165, 1.54) is 11.8 Å². The molecule has 0 saturated heterocycles. The van der Waals surface area contributed by atoms with E-state index >= 15 is 0 Å². The van der Waals surface area contributed by atoms with E-state index in [1.54, 1.807) is 13.0 Å². The summed E-state index contributed by atoms with van der Waals surface area (Å²) in [6.45, 7) is 1.56. The van der Waals surface area contributed by atoms with Crippen LogP contribution in [-0.4, -0.2) is 48.6 Å². The summed E-state index contributed by atoms with van der Waals surface area (Å²) < 4.78 is 4.86. The summed E-state index contributed by atoms with van der Waals surface area (Å²) in [6.07, 6.45) is -0.144. The average molecular weight is 365 g/mol. The SMILES string of the molecule is CCNC(=O)CNC(=O)COC(=O)C[C@H]1Sc2ccccc2NC1=O. The fourth-order valence-electron chi connectivity index (χ4n) is 2.07. The number of carbonyl (C=O) groups excluding carboxylic acids is 4. The van der Waals surface area contributed by atoms with E-state index in [1.807, 2.05) is 18.2 Å². The van der Waals surface area contributed by atoms with Crippen LogP contribution in [0.4, 0.5) is 5.69 Å². The lowest BCUT2D eigenvalue weighted by molar-refractivity contribution is -0.149. The molecule has 25 heavy (non-hydrogen) atoms. The van der Waals surface area contributed by atoms with Crippen LogP contribution in [0.15, 0.2) is 29.2 Å². The van der Waals surface area contributed by atoms with Crippen LogP contribution in [0.1, 0.15) is 13.3 Å². The van der Waals surface area contributed by atoms with Crippen LogP contribution in [0.5, 0.6) is 0 Å². The van der Waals surface area contributed by atoms with Gasteiger partial charge in [0.1, 0.15) is 0 Å². The first-order chi connectivity index (χ1) is 12.0. The minimum Gasteiger partial charge on any atom is -0.456 e. The lowest BCUT2D eigenvalue weighted by atomic mass is 10.2. The maximum absolute atomic E-state index is 12.0. The van der Waals surface area contributed by atoms with Gasteiger partial charge in [0.2, 0.25) is 11.8 Å². The number of para-hydroxylation sites is 1. The fourth-order valence-corrected chi connectivity index (χ4v) is 3.17. The molecule has 0 unspecified atom stereocenters. The molecule has 2 rings (SSSR count). The molecule has 1 heterocycles. The van der Waals surface area contributed by atoms with Gasteiger partial charge in [0.15, 0.2) is 6.61 Å². The van der Waals surface area contributed by atoms with Crippen molar-refractivity contribution in [2.24, 2.45) is 0 Å². The van der Waals surface area contributed by atoms with Crippen molar-refractivity contribution in [3.63, 3.8) is 0 Å². The standard InChI is InChI=1S/C16H19N3O5S/c1-2-17-13(20)8-18-14(21)9-24-15(22)7-12-16(23)19-10-5-3-4-6-11(10)25-12/h3-6,12H,2,7-9H2,1H3,(H,17,20)(H,18,21)(H,19,23)/t12-/m1/s1. The third-order valence-electron chi connectivity index (χ3n) is 3.24. The van der Waals surface area contributed by atoms with E-state index < -0.39 is 23.7 Å². The van der Waals surface area contributed by atoms with Crippen molar-refractivity contribution >= 4 is 41.1 Å². The molecule has 3 N–H and O–H groups in total. The van der Waals surface area contributed by atoms with Gasteiger partial charge in [-0.2, -0.15) is 0 Å². The van der Waals surface area contributed by atoms with Gasteiger partial charge in [-0.3, -0.25) is 19.2 Å². The van der Waals surface area contributed by atoms with E-state index in [0.29, 0.717) is 12.2 Å². The molecular formula is C16H19N3O5S. The highest BCUT2D eigenvalue weighted by Crippen LogP contribution is 2.36. The molecule has 1 aromatic rings. The molecule has 1 aliphatic heterocycles. The van der Waals surface area contributed by atoms with Gasteiger partial charge in [-0.1, -0.05) is 12.1 Å². The molecular weight excluding hydrogens is 346 g/mol. The molecule has 1 aromatic carbocycles. The summed E-state index contributed by atoms with van der Waals surface area (Å²) in [5.74, 6) is -1.83. The number of esters is 1. The predicted molar refractivity (Wildman–Crippen MR) is 92.0 cm³/mol. The highest BCUT2D eigenvalue weighted by molar-refractivity contribution is 8.01. The Morgan fingerprint density at radius 3 is 2.72 bits per heavy atom. The van der Waals surface area contributed by atoms with Crippen LogP contribution in [0.25, 0.3) is 0 Å². The van der Waals surface area contributed by atoms with Gasteiger partial charge in [-0.05, 0) is 19.1 Å². The summed E-state index contributed by atoms with van der Waals surface area (Å²) in [5, 5.41) is 6.98. The third-order valence-corrected chi connectivity index (χ3v) is 4.52. The maximum Gasteiger partial charge on any atom is 0.307 e. The lowest BCUT2D eigenvalue weighted by Gasteiger charge is -2.23. The first kappa shape index (κ1) is 18.8. The van der Waals surface area contributed by atoms with Gasteiger partial charge >= 0.3 is 5.97 Å². The van der Waals surface area contributed by atoms with Crippen LogP contribution >= 0.6 is 11.8 Å². The molecule has 1 atom stereocenters. The molecule has 1 aliphatic rings. The second-order valence-electron chi connectivity index (χ2n) is 5.19. The van der Waals surface area contributed by atoms with Gasteiger partial charge in [0, 0.05) is 11.4 Å². The second kappa shape index (κ2) is 9.07. The number of ether oxygens (including phenoxy) is 1. The first-order valence-electron chi connectivity index (χ1n) is 7.75. The molecule has 3 amide bonds. The molecule has 0 aromatic heterocycles. The monoisotopic (exact) mass is 365 g/mol. The number of amides is 3. The Morgan fingerprint density at radius 1 is 1.20 bits per heavy atom. The van der Waals surface area contributed by atoms with Crippen LogP contribution < -0.4 is 16.0 Å². The summed E-state index contributed by atoms with van der Waals surface area (Å²) in [7, 11) is 0. The Labute approximate surface area is 149 Å². The zero-order chi connectivity index (χ0) is 18.2. The molecule has 134 valence electrons. The maximum atomic E-state index is 12.0. The fraction of sp³-hybridized carbons (Fsp3) is 0.375. The van der Waals surface area contributed by atoms with Crippen LogP contribution in [-0.2, 0) is 23.9 Å².